The van der Waals surface area contributed by atoms with E-state index in [1.165, 1.54) is 0 Å². The quantitative estimate of drug-likeness (QED) is 0.648. The first kappa shape index (κ1) is 7.98. The van der Waals surface area contributed by atoms with E-state index in [2.05, 4.69) is 5.10 Å². The Balaban J connectivity index is 2.64. The van der Waals surface area contributed by atoms with Gasteiger partial charge in [-0.15, -0.1) is 0 Å². The number of fused-ring (bicyclic) bond motifs is 1. The van der Waals surface area contributed by atoms with E-state index in [4.69, 9.17) is 0 Å². The fourth-order valence-corrected chi connectivity index (χ4v) is 1.38. The number of aromatic nitrogens is 2. The van der Waals surface area contributed by atoms with Crippen molar-refractivity contribution in [2.45, 2.75) is 12.8 Å². The van der Waals surface area contributed by atoms with Gasteiger partial charge in [0.05, 0.1) is 11.7 Å². The first-order valence-corrected chi connectivity index (χ1v) is 4.20. The Hall–Kier alpha value is -1.64. The van der Waals surface area contributed by atoms with Gasteiger partial charge in [0.15, 0.2) is 0 Å². The minimum Gasteiger partial charge on any atom is -0.303 e. The molecule has 0 aliphatic carbocycles. The lowest BCUT2D eigenvalue weighted by molar-refractivity contribution is -0.108. The second-order valence-corrected chi connectivity index (χ2v) is 3.06. The van der Waals surface area contributed by atoms with Crippen LogP contribution in [0.25, 0.3) is 5.52 Å². The molecular formula is C10H10N2O. The summed E-state index contributed by atoms with van der Waals surface area (Å²) in [7, 11) is 0. The van der Waals surface area contributed by atoms with Crippen LogP contribution < -0.4 is 0 Å². The van der Waals surface area contributed by atoms with Crippen molar-refractivity contribution in [2.75, 3.05) is 0 Å². The van der Waals surface area contributed by atoms with Gasteiger partial charge in [-0.25, -0.2) is 4.52 Å². The van der Waals surface area contributed by atoms with Crippen LogP contribution in [0.2, 0.25) is 0 Å². The fourth-order valence-electron chi connectivity index (χ4n) is 1.38. The molecule has 0 fully saturated rings. The summed E-state index contributed by atoms with van der Waals surface area (Å²) in [5.74, 6) is -0.0834. The molecule has 0 aromatic carbocycles. The van der Waals surface area contributed by atoms with E-state index in [1.54, 1.807) is 10.7 Å². The summed E-state index contributed by atoms with van der Waals surface area (Å²) in [4.78, 5) is 10.6. The number of carbonyl (C=O) groups excluding carboxylic acids is 1. The molecule has 2 aromatic heterocycles. The molecule has 0 spiro atoms. The summed E-state index contributed by atoms with van der Waals surface area (Å²) in [6, 6.07) is 5.82. The van der Waals surface area contributed by atoms with Crippen LogP contribution in [0.4, 0.5) is 0 Å². The molecule has 66 valence electrons. The number of nitrogens with zero attached hydrogens (tertiary/aromatic N) is 2. The molecule has 1 atom stereocenters. The number of carbonyl (C=O) groups is 1. The van der Waals surface area contributed by atoms with Crippen molar-refractivity contribution in [3.05, 3.63) is 36.2 Å². The van der Waals surface area contributed by atoms with Crippen molar-refractivity contribution >= 4 is 11.8 Å². The summed E-state index contributed by atoms with van der Waals surface area (Å²) in [6.45, 7) is 1.87. The highest BCUT2D eigenvalue weighted by molar-refractivity contribution is 5.68. The van der Waals surface area contributed by atoms with Crippen LogP contribution >= 0.6 is 0 Å². The Morgan fingerprint density at radius 2 is 2.38 bits per heavy atom. The molecule has 2 rings (SSSR count). The van der Waals surface area contributed by atoms with Crippen LogP contribution in [-0.2, 0) is 4.79 Å². The minimum absolute atomic E-state index is 0.0834. The standard InChI is InChI=1S/C10H10N2O/c1-8(7-13)9-6-11-12-5-3-2-4-10(9)12/h2-8H,1H3. The molecule has 0 saturated heterocycles. The van der Waals surface area contributed by atoms with E-state index in [0.29, 0.717) is 0 Å². The Bertz CT molecular complexity index is 433. The van der Waals surface area contributed by atoms with Crippen LogP contribution in [0.15, 0.2) is 30.6 Å². The lowest BCUT2D eigenvalue weighted by Gasteiger charge is -1.99. The van der Waals surface area contributed by atoms with Crippen LogP contribution in [0, 0.1) is 0 Å². The maximum absolute atomic E-state index is 10.6. The highest BCUT2D eigenvalue weighted by atomic mass is 16.1. The first-order valence-electron chi connectivity index (χ1n) is 4.20. The SMILES string of the molecule is CC(C=O)c1cnn2ccccc12. The van der Waals surface area contributed by atoms with Gasteiger partial charge in [-0.05, 0) is 12.1 Å². The number of aldehydes is 1. The maximum Gasteiger partial charge on any atom is 0.127 e. The Morgan fingerprint density at radius 3 is 3.15 bits per heavy atom. The van der Waals surface area contributed by atoms with Crippen LogP contribution in [0.5, 0.6) is 0 Å². The zero-order chi connectivity index (χ0) is 9.26. The molecule has 13 heavy (non-hydrogen) atoms. The van der Waals surface area contributed by atoms with Crippen molar-refractivity contribution < 1.29 is 4.79 Å². The highest BCUT2D eigenvalue weighted by Gasteiger charge is 2.09. The van der Waals surface area contributed by atoms with Crippen molar-refractivity contribution in [2.24, 2.45) is 0 Å². The molecule has 0 N–H and O–H groups in total. The summed E-state index contributed by atoms with van der Waals surface area (Å²) in [5, 5.41) is 4.15. The van der Waals surface area contributed by atoms with Crippen molar-refractivity contribution in [3.8, 4) is 0 Å². The summed E-state index contributed by atoms with van der Waals surface area (Å²) in [6.07, 6.45) is 4.55. The third-order valence-corrected chi connectivity index (χ3v) is 2.15. The molecule has 0 saturated carbocycles. The zero-order valence-electron chi connectivity index (χ0n) is 7.34. The molecule has 3 nitrogen and oxygen atoms in total. The summed E-state index contributed by atoms with van der Waals surface area (Å²) < 4.78 is 1.77. The molecular weight excluding hydrogens is 164 g/mol. The predicted molar refractivity (Wildman–Crippen MR) is 49.7 cm³/mol. The van der Waals surface area contributed by atoms with Gasteiger partial charge in [0.2, 0.25) is 0 Å². The second kappa shape index (κ2) is 3.01. The van der Waals surface area contributed by atoms with Gasteiger partial charge < -0.3 is 4.79 Å². The third kappa shape index (κ3) is 1.22. The normalized spacial score (nSPS) is 13.0. The van der Waals surface area contributed by atoms with Crippen LogP contribution in [0.1, 0.15) is 18.4 Å². The minimum atomic E-state index is -0.0834. The van der Waals surface area contributed by atoms with Gasteiger partial charge in [-0.2, -0.15) is 5.10 Å². The Kier molecular flexibility index (Phi) is 1.85. The lowest BCUT2D eigenvalue weighted by Crippen LogP contribution is -1.93. The summed E-state index contributed by atoms with van der Waals surface area (Å²) in [5.41, 5.74) is 1.98. The second-order valence-electron chi connectivity index (χ2n) is 3.06. The van der Waals surface area contributed by atoms with Crippen molar-refractivity contribution in [1.29, 1.82) is 0 Å². The lowest BCUT2D eigenvalue weighted by atomic mass is 10.1. The molecule has 0 radical (unpaired) electrons. The monoisotopic (exact) mass is 174 g/mol. The van der Waals surface area contributed by atoms with E-state index in [-0.39, 0.29) is 5.92 Å². The van der Waals surface area contributed by atoms with E-state index >= 15 is 0 Å². The Labute approximate surface area is 76.0 Å². The van der Waals surface area contributed by atoms with Gasteiger partial charge in [-0.3, -0.25) is 0 Å². The van der Waals surface area contributed by atoms with Gasteiger partial charge >= 0.3 is 0 Å². The molecule has 2 heterocycles. The molecule has 0 aliphatic rings. The van der Waals surface area contributed by atoms with E-state index in [0.717, 1.165) is 17.4 Å². The molecule has 0 amide bonds. The topological polar surface area (TPSA) is 34.4 Å². The fraction of sp³-hybridized carbons (Fsp3) is 0.200. The predicted octanol–water partition coefficient (Wildman–Crippen LogP) is 1.64. The number of hydrogen-bond donors (Lipinski definition) is 0. The largest absolute Gasteiger partial charge is 0.303 e. The Morgan fingerprint density at radius 1 is 1.54 bits per heavy atom. The zero-order valence-corrected chi connectivity index (χ0v) is 7.34. The van der Waals surface area contributed by atoms with Crippen LogP contribution in [0.3, 0.4) is 0 Å². The van der Waals surface area contributed by atoms with Gasteiger partial charge in [0.25, 0.3) is 0 Å². The third-order valence-electron chi connectivity index (χ3n) is 2.15. The average molecular weight is 174 g/mol. The number of rotatable bonds is 2. The molecule has 1 unspecified atom stereocenters. The van der Waals surface area contributed by atoms with E-state index < -0.39 is 0 Å². The van der Waals surface area contributed by atoms with E-state index in [9.17, 15) is 4.79 Å². The smallest absolute Gasteiger partial charge is 0.127 e. The van der Waals surface area contributed by atoms with Crippen LogP contribution in [-0.4, -0.2) is 15.9 Å². The van der Waals surface area contributed by atoms with Crippen molar-refractivity contribution in [1.82, 2.24) is 9.61 Å². The number of pyridine rings is 1. The average Bonchev–Trinajstić information content (AvgIpc) is 2.60. The van der Waals surface area contributed by atoms with Crippen molar-refractivity contribution in [3.63, 3.8) is 0 Å². The summed E-state index contributed by atoms with van der Waals surface area (Å²) >= 11 is 0. The molecule has 3 heteroatoms. The van der Waals surface area contributed by atoms with Gasteiger partial charge in [0, 0.05) is 17.7 Å². The number of hydrogen-bond acceptors (Lipinski definition) is 2. The molecule has 0 bridgehead atoms. The maximum atomic E-state index is 10.6. The van der Waals surface area contributed by atoms with E-state index in [1.807, 2.05) is 31.3 Å². The van der Waals surface area contributed by atoms with Gasteiger partial charge in [-0.1, -0.05) is 13.0 Å². The molecule has 2 aromatic rings. The first-order chi connectivity index (χ1) is 6.33. The molecule has 0 aliphatic heterocycles. The van der Waals surface area contributed by atoms with Gasteiger partial charge in [0.1, 0.15) is 6.29 Å². The highest BCUT2D eigenvalue weighted by Crippen LogP contribution is 2.18.